The van der Waals surface area contributed by atoms with Crippen molar-refractivity contribution in [3.63, 3.8) is 0 Å². The Labute approximate surface area is 156 Å². The van der Waals surface area contributed by atoms with Crippen LogP contribution < -0.4 is 0 Å². The van der Waals surface area contributed by atoms with Crippen molar-refractivity contribution in [1.82, 2.24) is 0 Å². The van der Waals surface area contributed by atoms with Crippen LogP contribution in [0.2, 0.25) is 0 Å². The summed E-state index contributed by atoms with van der Waals surface area (Å²) in [5.41, 5.74) is 0. The number of ether oxygens (including phenoxy) is 1. The first kappa shape index (κ1) is 20.8. The molecule has 0 spiro atoms. The molecule has 0 bridgehead atoms. The fraction of sp³-hybridized carbons (Fsp3) is 0.957. The number of hydrogen-bond donors (Lipinski definition) is 0. The van der Waals surface area contributed by atoms with Gasteiger partial charge in [0, 0.05) is 0 Å². The molecule has 0 N–H and O–H groups in total. The Balaban J connectivity index is 1.73. The lowest BCUT2D eigenvalue weighted by molar-refractivity contribution is -0.156. The molecule has 0 aromatic carbocycles. The van der Waals surface area contributed by atoms with E-state index < -0.39 is 0 Å². The Morgan fingerprint density at radius 2 is 1.44 bits per heavy atom. The van der Waals surface area contributed by atoms with Crippen molar-refractivity contribution in [2.24, 2.45) is 29.6 Å². The molecular weight excluding hydrogens is 308 g/mol. The zero-order valence-corrected chi connectivity index (χ0v) is 17.3. The maximum atomic E-state index is 12.6. The highest BCUT2D eigenvalue weighted by atomic mass is 16.5. The van der Waals surface area contributed by atoms with Gasteiger partial charge in [-0.2, -0.15) is 0 Å². The standard InChI is InChI=1S/C23H42O2/c1-5-6-22(16-7-17(2)3)25-23(24)21-14-12-20(13-15-21)19-10-8-18(4)9-11-19/h17-22H,5-16H2,1-4H3. The van der Waals surface area contributed by atoms with Crippen LogP contribution >= 0.6 is 0 Å². The molecule has 2 rings (SSSR count). The molecule has 0 aromatic heterocycles. The number of carbonyl (C=O) groups is 1. The topological polar surface area (TPSA) is 26.3 Å². The van der Waals surface area contributed by atoms with E-state index in [1.165, 1.54) is 38.5 Å². The third kappa shape index (κ3) is 6.94. The van der Waals surface area contributed by atoms with Gasteiger partial charge in [-0.05, 0) is 81.5 Å². The maximum Gasteiger partial charge on any atom is 0.309 e. The summed E-state index contributed by atoms with van der Waals surface area (Å²) in [6.45, 7) is 9.08. The van der Waals surface area contributed by atoms with Crippen molar-refractivity contribution in [2.75, 3.05) is 0 Å². The summed E-state index contributed by atoms with van der Waals surface area (Å²) < 4.78 is 5.94. The average Bonchev–Trinajstić information content (AvgIpc) is 2.60. The van der Waals surface area contributed by atoms with Crippen molar-refractivity contribution in [3.05, 3.63) is 0 Å². The van der Waals surface area contributed by atoms with Crippen molar-refractivity contribution in [1.29, 1.82) is 0 Å². The van der Waals surface area contributed by atoms with Crippen LogP contribution in [-0.2, 0) is 9.53 Å². The summed E-state index contributed by atoms with van der Waals surface area (Å²) in [5.74, 6) is 3.72. The summed E-state index contributed by atoms with van der Waals surface area (Å²) in [5, 5.41) is 0. The molecule has 25 heavy (non-hydrogen) atoms. The lowest BCUT2D eigenvalue weighted by Gasteiger charge is -2.37. The summed E-state index contributed by atoms with van der Waals surface area (Å²) in [7, 11) is 0. The van der Waals surface area contributed by atoms with Crippen LogP contribution in [0.3, 0.4) is 0 Å². The zero-order chi connectivity index (χ0) is 18.2. The SMILES string of the molecule is CCCC(CCC(C)C)OC(=O)C1CCC(C2CCC(C)CC2)CC1. The van der Waals surface area contributed by atoms with E-state index in [2.05, 4.69) is 27.7 Å². The Morgan fingerprint density at radius 3 is 1.96 bits per heavy atom. The summed E-state index contributed by atoms with van der Waals surface area (Å²) in [4.78, 5) is 12.6. The first-order valence-electron chi connectivity index (χ1n) is 11.2. The van der Waals surface area contributed by atoms with Crippen molar-refractivity contribution >= 4 is 5.97 Å². The van der Waals surface area contributed by atoms with Crippen LogP contribution in [0.1, 0.15) is 105 Å². The van der Waals surface area contributed by atoms with Crippen LogP contribution in [0.15, 0.2) is 0 Å². The number of carbonyl (C=O) groups excluding carboxylic acids is 1. The molecule has 0 aromatic rings. The van der Waals surface area contributed by atoms with Gasteiger partial charge in [0.25, 0.3) is 0 Å². The lowest BCUT2D eigenvalue weighted by Crippen LogP contribution is -2.30. The normalized spacial score (nSPS) is 31.7. The van der Waals surface area contributed by atoms with Gasteiger partial charge in [0.05, 0.1) is 5.92 Å². The van der Waals surface area contributed by atoms with E-state index in [1.807, 2.05) is 0 Å². The van der Waals surface area contributed by atoms with Gasteiger partial charge in [0.15, 0.2) is 0 Å². The van der Waals surface area contributed by atoms with Gasteiger partial charge in [0.1, 0.15) is 6.10 Å². The minimum absolute atomic E-state index is 0.109. The van der Waals surface area contributed by atoms with Gasteiger partial charge in [-0.3, -0.25) is 4.79 Å². The molecule has 2 aliphatic rings. The molecule has 2 fully saturated rings. The van der Waals surface area contributed by atoms with Crippen LogP contribution in [0.4, 0.5) is 0 Å². The highest BCUT2D eigenvalue weighted by Gasteiger charge is 2.33. The largest absolute Gasteiger partial charge is 0.462 e. The second kappa shape index (κ2) is 10.6. The zero-order valence-electron chi connectivity index (χ0n) is 17.3. The molecule has 2 nitrogen and oxygen atoms in total. The maximum absolute atomic E-state index is 12.6. The first-order valence-corrected chi connectivity index (χ1v) is 11.2. The van der Waals surface area contributed by atoms with Crippen LogP contribution in [0.25, 0.3) is 0 Å². The van der Waals surface area contributed by atoms with Crippen LogP contribution in [0, 0.1) is 29.6 Å². The fourth-order valence-corrected chi connectivity index (χ4v) is 4.95. The second-order valence-electron chi connectivity index (χ2n) is 9.45. The predicted octanol–water partition coefficient (Wildman–Crippen LogP) is 6.77. The lowest BCUT2D eigenvalue weighted by atomic mass is 9.69. The predicted molar refractivity (Wildman–Crippen MR) is 105 cm³/mol. The molecule has 1 atom stereocenters. The number of rotatable bonds is 8. The molecule has 2 heteroatoms. The molecule has 0 radical (unpaired) electrons. The second-order valence-corrected chi connectivity index (χ2v) is 9.45. The summed E-state index contributed by atoms with van der Waals surface area (Å²) in [6.07, 6.45) is 14.8. The van der Waals surface area contributed by atoms with Gasteiger partial charge in [-0.15, -0.1) is 0 Å². The Bertz CT molecular complexity index is 374. The molecular formula is C23H42O2. The van der Waals surface area contributed by atoms with Gasteiger partial charge < -0.3 is 4.74 Å². The van der Waals surface area contributed by atoms with E-state index >= 15 is 0 Å². The van der Waals surface area contributed by atoms with Crippen molar-refractivity contribution < 1.29 is 9.53 Å². The minimum atomic E-state index is 0.109. The van der Waals surface area contributed by atoms with E-state index in [1.54, 1.807) is 0 Å². The van der Waals surface area contributed by atoms with Crippen molar-refractivity contribution in [3.8, 4) is 0 Å². The van der Waals surface area contributed by atoms with E-state index in [0.717, 1.165) is 56.3 Å². The van der Waals surface area contributed by atoms with Gasteiger partial charge in [-0.25, -0.2) is 0 Å². The summed E-state index contributed by atoms with van der Waals surface area (Å²) in [6, 6.07) is 0. The minimum Gasteiger partial charge on any atom is -0.462 e. The molecule has 2 saturated carbocycles. The van der Waals surface area contributed by atoms with Crippen LogP contribution in [-0.4, -0.2) is 12.1 Å². The molecule has 0 aliphatic heterocycles. The van der Waals surface area contributed by atoms with Gasteiger partial charge in [0.2, 0.25) is 0 Å². The summed E-state index contributed by atoms with van der Waals surface area (Å²) >= 11 is 0. The van der Waals surface area contributed by atoms with E-state index in [0.29, 0.717) is 5.92 Å². The third-order valence-electron chi connectivity index (χ3n) is 6.79. The van der Waals surface area contributed by atoms with E-state index in [-0.39, 0.29) is 18.0 Å². The molecule has 2 aliphatic carbocycles. The molecule has 0 heterocycles. The first-order chi connectivity index (χ1) is 12.0. The molecule has 1 unspecified atom stereocenters. The third-order valence-corrected chi connectivity index (χ3v) is 6.79. The van der Waals surface area contributed by atoms with Crippen LogP contribution in [0.5, 0.6) is 0 Å². The Morgan fingerprint density at radius 1 is 0.880 bits per heavy atom. The average molecular weight is 351 g/mol. The fourth-order valence-electron chi connectivity index (χ4n) is 4.95. The quantitative estimate of drug-likeness (QED) is 0.452. The monoisotopic (exact) mass is 350 g/mol. The molecule has 0 saturated heterocycles. The van der Waals surface area contributed by atoms with Gasteiger partial charge >= 0.3 is 5.97 Å². The smallest absolute Gasteiger partial charge is 0.309 e. The van der Waals surface area contributed by atoms with Gasteiger partial charge in [-0.1, -0.05) is 47.0 Å². The van der Waals surface area contributed by atoms with E-state index in [4.69, 9.17) is 4.74 Å². The highest BCUT2D eigenvalue weighted by Crippen LogP contribution is 2.41. The van der Waals surface area contributed by atoms with E-state index in [9.17, 15) is 4.79 Å². The highest BCUT2D eigenvalue weighted by molar-refractivity contribution is 5.72. The Hall–Kier alpha value is -0.530. The Kier molecular flexibility index (Phi) is 8.79. The number of hydrogen-bond acceptors (Lipinski definition) is 2. The molecule has 146 valence electrons. The number of esters is 1. The molecule has 0 amide bonds. The van der Waals surface area contributed by atoms with Crippen molar-refractivity contribution in [2.45, 2.75) is 111 Å².